The molecular weight excluding hydrogens is 351 g/mol. The molecule has 1 aromatic rings. The molecule has 2 N–H and O–H groups in total. The van der Waals surface area contributed by atoms with Crippen LogP contribution in [0.5, 0.6) is 5.75 Å². The maximum Gasteiger partial charge on any atom is 0.416 e. The number of phenolic OH excluding ortho intramolecular Hbond substituents is 1. The second-order valence-electron chi connectivity index (χ2n) is 7.77. The SMILES string of the molecule is CCCCCC(C)CCCC1CCNCC1.Oc1ccc(C(F)(F)F)cc1. The maximum atomic E-state index is 11.8. The summed E-state index contributed by atoms with van der Waals surface area (Å²) in [6, 6.07) is 3.66. The summed E-state index contributed by atoms with van der Waals surface area (Å²) in [6.07, 6.45) is 8.64. The maximum absolute atomic E-state index is 11.8. The molecule has 27 heavy (non-hydrogen) atoms. The third kappa shape index (κ3) is 11.3. The van der Waals surface area contributed by atoms with Crippen molar-refractivity contribution in [1.82, 2.24) is 5.32 Å². The number of rotatable bonds is 8. The Balaban J connectivity index is 0.000000289. The third-order valence-electron chi connectivity index (χ3n) is 5.26. The highest BCUT2D eigenvalue weighted by atomic mass is 19.4. The normalized spacial score (nSPS) is 16.5. The van der Waals surface area contributed by atoms with Crippen LogP contribution in [0.1, 0.15) is 77.2 Å². The molecule has 2 nitrogen and oxygen atoms in total. The molecular formula is C22H36F3NO. The molecule has 1 fully saturated rings. The Morgan fingerprint density at radius 2 is 1.63 bits per heavy atom. The summed E-state index contributed by atoms with van der Waals surface area (Å²) in [5.41, 5.74) is -0.754. The first-order valence-electron chi connectivity index (χ1n) is 10.4. The standard InChI is InChI=1S/C15H31N.C7H5F3O/c1-3-4-5-7-14(2)8-6-9-15-10-12-16-13-11-15;8-7(9,10)5-1-3-6(11)4-2-5/h14-16H,3-13H2,1-2H3;1-4,11H. The summed E-state index contributed by atoms with van der Waals surface area (Å²) in [6.45, 7) is 7.26. The fourth-order valence-corrected chi connectivity index (χ4v) is 3.46. The van der Waals surface area contributed by atoms with Crippen molar-refractivity contribution in [3.05, 3.63) is 29.8 Å². The number of benzene rings is 1. The van der Waals surface area contributed by atoms with Gasteiger partial charge in [0.05, 0.1) is 5.56 Å². The molecule has 5 heteroatoms. The molecule has 1 saturated heterocycles. The number of nitrogens with one attached hydrogen (secondary N) is 1. The lowest BCUT2D eigenvalue weighted by molar-refractivity contribution is -0.137. The zero-order valence-electron chi connectivity index (χ0n) is 16.8. The number of aromatic hydroxyl groups is 1. The number of halogens is 3. The Labute approximate surface area is 162 Å². The van der Waals surface area contributed by atoms with Gasteiger partial charge in [-0.15, -0.1) is 0 Å². The number of phenols is 1. The first-order valence-corrected chi connectivity index (χ1v) is 10.4. The Morgan fingerprint density at radius 1 is 1.04 bits per heavy atom. The summed E-state index contributed by atoms with van der Waals surface area (Å²) in [4.78, 5) is 0. The zero-order valence-corrected chi connectivity index (χ0v) is 16.8. The zero-order chi connectivity index (χ0) is 20.1. The van der Waals surface area contributed by atoms with Crippen LogP contribution < -0.4 is 5.32 Å². The van der Waals surface area contributed by atoms with Crippen molar-refractivity contribution in [1.29, 1.82) is 0 Å². The van der Waals surface area contributed by atoms with Gasteiger partial charge in [-0.25, -0.2) is 0 Å². The minimum atomic E-state index is -4.33. The van der Waals surface area contributed by atoms with E-state index in [9.17, 15) is 13.2 Å². The van der Waals surface area contributed by atoms with Crippen LogP contribution >= 0.6 is 0 Å². The molecule has 0 spiro atoms. The lowest BCUT2D eigenvalue weighted by Crippen LogP contribution is -2.27. The number of unbranched alkanes of at least 4 members (excludes halogenated alkanes) is 2. The van der Waals surface area contributed by atoms with E-state index in [0.29, 0.717) is 0 Å². The molecule has 0 radical (unpaired) electrons. The lowest BCUT2D eigenvalue weighted by Gasteiger charge is -2.23. The average molecular weight is 388 g/mol. The lowest BCUT2D eigenvalue weighted by atomic mass is 9.89. The predicted octanol–water partition coefficient (Wildman–Crippen LogP) is 6.78. The van der Waals surface area contributed by atoms with E-state index in [1.54, 1.807) is 0 Å². The average Bonchev–Trinajstić information content (AvgIpc) is 2.63. The van der Waals surface area contributed by atoms with Gasteiger partial charge >= 0.3 is 6.18 Å². The van der Waals surface area contributed by atoms with Gasteiger partial charge in [-0.05, 0) is 62.0 Å². The van der Waals surface area contributed by atoms with E-state index in [1.807, 2.05) is 0 Å². The second-order valence-corrected chi connectivity index (χ2v) is 7.77. The van der Waals surface area contributed by atoms with E-state index in [4.69, 9.17) is 5.11 Å². The van der Waals surface area contributed by atoms with Gasteiger partial charge in [0.25, 0.3) is 0 Å². The topological polar surface area (TPSA) is 32.3 Å². The number of hydrogen-bond donors (Lipinski definition) is 2. The molecule has 0 saturated carbocycles. The Hall–Kier alpha value is -1.23. The molecule has 1 aliphatic heterocycles. The van der Waals surface area contributed by atoms with Crippen LogP contribution in [0.2, 0.25) is 0 Å². The molecule has 0 aliphatic carbocycles. The highest BCUT2D eigenvalue weighted by Gasteiger charge is 2.29. The highest BCUT2D eigenvalue weighted by Crippen LogP contribution is 2.29. The van der Waals surface area contributed by atoms with Crippen molar-refractivity contribution in [2.75, 3.05) is 13.1 Å². The van der Waals surface area contributed by atoms with Crippen molar-refractivity contribution in [2.24, 2.45) is 11.8 Å². The molecule has 0 bridgehead atoms. The summed E-state index contributed by atoms with van der Waals surface area (Å²) in [7, 11) is 0. The summed E-state index contributed by atoms with van der Waals surface area (Å²) < 4.78 is 35.5. The van der Waals surface area contributed by atoms with Crippen LogP contribution in [0.3, 0.4) is 0 Å². The van der Waals surface area contributed by atoms with Crippen LogP contribution in [0.4, 0.5) is 13.2 Å². The van der Waals surface area contributed by atoms with Gasteiger partial charge in [-0.3, -0.25) is 0 Å². The van der Waals surface area contributed by atoms with Gasteiger partial charge in [0.15, 0.2) is 0 Å². The Morgan fingerprint density at radius 3 is 2.19 bits per heavy atom. The fourth-order valence-electron chi connectivity index (χ4n) is 3.46. The quantitative estimate of drug-likeness (QED) is 0.482. The molecule has 2 rings (SSSR count). The molecule has 1 atom stereocenters. The smallest absolute Gasteiger partial charge is 0.416 e. The van der Waals surface area contributed by atoms with Crippen LogP contribution in [-0.2, 0) is 6.18 Å². The minimum Gasteiger partial charge on any atom is -0.508 e. The molecule has 1 heterocycles. The van der Waals surface area contributed by atoms with E-state index in [2.05, 4.69) is 19.2 Å². The van der Waals surface area contributed by atoms with E-state index in [0.717, 1.165) is 36.1 Å². The minimum absolute atomic E-state index is 0.169. The Kier molecular flexibility index (Phi) is 11.5. The predicted molar refractivity (Wildman–Crippen MR) is 106 cm³/mol. The van der Waals surface area contributed by atoms with Gasteiger partial charge in [0.2, 0.25) is 0 Å². The molecule has 1 aliphatic rings. The van der Waals surface area contributed by atoms with Gasteiger partial charge in [-0.1, -0.05) is 58.8 Å². The fraction of sp³-hybridized carbons (Fsp3) is 0.727. The largest absolute Gasteiger partial charge is 0.508 e. The highest BCUT2D eigenvalue weighted by molar-refractivity contribution is 5.27. The summed E-state index contributed by atoms with van der Waals surface area (Å²) >= 11 is 0. The Bertz CT molecular complexity index is 481. The summed E-state index contributed by atoms with van der Waals surface area (Å²) in [5, 5.41) is 12.1. The van der Waals surface area contributed by atoms with Gasteiger partial charge < -0.3 is 10.4 Å². The first kappa shape index (κ1) is 23.8. The second kappa shape index (κ2) is 13.0. The number of hydrogen-bond acceptors (Lipinski definition) is 2. The molecule has 1 unspecified atom stereocenters. The number of piperidine rings is 1. The summed E-state index contributed by atoms with van der Waals surface area (Å²) in [5.74, 6) is 1.83. The van der Waals surface area contributed by atoms with Crippen molar-refractivity contribution in [2.45, 2.75) is 77.8 Å². The first-order chi connectivity index (χ1) is 12.8. The van der Waals surface area contributed by atoms with E-state index < -0.39 is 11.7 Å². The van der Waals surface area contributed by atoms with Crippen LogP contribution in [0.15, 0.2) is 24.3 Å². The van der Waals surface area contributed by atoms with E-state index in [1.165, 1.54) is 70.9 Å². The van der Waals surface area contributed by atoms with Crippen LogP contribution in [-0.4, -0.2) is 18.2 Å². The van der Waals surface area contributed by atoms with Crippen LogP contribution in [0.25, 0.3) is 0 Å². The molecule has 0 aromatic heterocycles. The van der Waals surface area contributed by atoms with Crippen LogP contribution in [0, 0.1) is 11.8 Å². The monoisotopic (exact) mass is 387 g/mol. The van der Waals surface area contributed by atoms with Crippen molar-refractivity contribution in [3.8, 4) is 5.75 Å². The van der Waals surface area contributed by atoms with Crippen molar-refractivity contribution in [3.63, 3.8) is 0 Å². The third-order valence-corrected chi connectivity index (χ3v) is 5.26. The van der Waals surface area contributed by atoms with Gasteiger partial charge in [0.1, 0.15) is 5.75 Å². The molecule has 156 valence electrons. The van der Waals surface area contributed by atoms with Gasteiger partial charge in [-0.2, -0.15) is 13.2 Å². The van der Waals surface area contributed by atoms with E-state index in [-0.39, 0.29) is 5.75 Å². The molecule has 0 amide bonds. The van der Waals surface area contributed by atoms with Crippen molar-refractivity contribution >= 4 is 0 Å². The van der Waals surface area contributed by atoms with Crippen molar-refractivity contribution < 1.29 is 18.3 Å². The van der Waals surface area contributed by atoms with E-state index >= 15 is 0 Å². The van der Waals surface area contributed by atoms with Gasteiger partial charge in [0, 0.05) is 0 Å². The number of alkyl halides is 3. The molecule has 1 aromatic carbocycles.